The van der Waals surface area contributed by atoms with Gasteiger partial charge in [0.1, 0.15) is 5.75 Å². The molecule has 0 spiro atoms. The van der Waals surface area contributed by atoms with Gasteiger partial charge < -0.3 is 14.7 Å². The molecule has 0 saturated carbocycles. The van der Waals surface area contributed by atoms with Crippen molar-refractivity contribution in [3.63, 3.8) is 0 Å². The molecule has 1 aromatic carbocycles. The van der Waals surface area contributed by atoms with Crippen LogP contribution in [0.3, 0.4) is 0 Å². The van der Waals surface area contributed by atoms with Gasteiger partial charge in [0.15, 0.2) is 6.61 Å². The van der Waals surface area contributed by atoms with E-state index in [2.05, 4.69) is 0 Å². The summed E-state index contributed by atoms with van der Waals surface area (Å²) in [5.74, 6) is -0.853. The van der Waals surface area contributed by atoms with Crippen LogP contribution in [0.2, 0.25) is 0 Å². The Morgan fingerprint density at radius 1 is 1.30 bits per heavy atom. The van der Waals surface area contributed by atoms with Crippen molar-refractivity contribution in [3.05, 3.63) is 29.8 Å². The smallest absolute Gasteiger partial charge is 0.308 e. The quantitative estimate of drug-likeness (QED) is 0.906. The summed E-state index contributed by atoms with van der Waals surface area (Å²) in [6.45, 7) is 4.53. The Balaban J connectivity index is 1.87. The minimum Gasteiger partial charge on any atom is -0.484 e. The third kappa shape index (κ3) is 3.29. The molecule has 2 unspecified atom stereocenters. The molecule has 1 aliphatic heterocycles. The Morgan fingerprint density at radius 2 is 1.95 bits per heavy atom. The maximum Gasteiger partial charge on any atom is 0.308 e. The summed E-state index contributed by atoms with van der Waals surface area (Å²) in [7, 11) is 0. The molecule has 0 aromatic heterocycles. The summed E-state index contributed by atoms with van der Waals surface area (Å²) in [6, 6.07) is 7.46. The summed E-state index contributed by atoms with van der Waals surface area (Å²) < 4.78 is 5.43. The first kappa shape index (κ1) is 14.4. The standard InChI is InChI=1S/C15H19NO4/c1-10-3-5-12(6-4-10)20-9-14(17)16-7-11(2)13(8-16)15(18)19/h3-6,11,13H,7-9H2,1-2H3,(H,18,19). The van der Waals surface area contributed by atoms with Crippen LogP contribution in [-0.4, -0.2) is 41.6 Å². The summed E-state index contributed by atoms with van der Waals surface area (Å²) in [6.07, 6.45) is 0. The second kappa shape index (κ2) is 5.94. The van der Waals surface area contributed by atoms with Crippen molar-refractivity contribution >= 4 is 11.9 Å². The lowest BCUT2D eigenvalue weighted by atomic mass is 9.99. The molecule has 0 bridgehead atoms. The molecule has 0 aliphatic carbocycles. The van der Waals surface area contributed by atoms with Crippen LogP contribution in [0.25, 0.3) is 0 Å². The second-order valence-corrected chi connectivity index (χ2v) is 5.32. The van der Waals surface area contributed by atoms with E-state index in [9.17, 15) is 9.59 Å². The average Bonchev–Trinajstić information content (AvgIpc) is 2.80. The van der Waals surface area contributed by atoms with Gasteiger partial charge in [-0.25, -0.2) is 0 Å². The number of carbonyl (C=O) groups is 2. The molecule has 20 heavy (non-hydrogen) atoms. The molecule has 2 atom stereocenters. The number of benzene rings is 1. The number of carboxylic acid groups (broad SMARTS) is 1. The van der Waals surface area contributed by atoms with Gasteiger partial charge in [-0.15, -0.1) is 0 Å². The second-order valence-electron chi connectivity index (χ2n) is 5.32. The van der Waals surface area contributed by atoms with Crippen LogP contribution in [0, 0.1) is 18.8 Å². The average molecular weight is 277 g/mol. The number of aryl methyl sites for hydroxylation is 1. The molecule has 1 heterocycles. The highest BCUT2D eigenvalue weighted by molar-refractivity contribution is 5.80. The van der Waals surface area contributed by atoms with Crippen LogP contribution in [0.5, 0.6) is 5.75 Å². The number of ether oxygens (including phenoxy) is 1. The van der Waals surface area contributed by atoms with Gasteiger partial charge in [-0.1, -0.05) is 24.6 Å². The fraction of sp³-hybridized carbons (Fsp3) is 0.467. The largest absolute Gasteiger partial charge is 0.484 e. The molecular weight excluding hydrogens is 258 g/mol. The van der Waals surface area contributed by atoms with Crippen molar-refractivity contribution in [3.8, 4) is 5.75 Å². The van der Waals surface area contributed by atoms with E-state index < -0.39 is 11.9 Å². The monoisotopic (exact) mass is 277 g/mol. The van der Waals surface area contributed by atoms with E-state index in [0.29, 0.717) is 12.3 Å². The number of rotatable bonds is 4. The molecule has 0 radical (unpaired) electrons. The van der Waals surface area contributed by atoms with Crippen molar-refractivity contribution in [1.82, 2.24) is 4.90 Å². The number of amides is 1. The van der Waals surface area contributed by atoms with Crippen LogP contribution < -0.4 is 4.74 Å². The fourth-order valence-electron chi connectivity index (χ4n) is 2.36. The van der Waals surface area contributed by atoms with Crippen LogP contribution in [0.4, 0.5) is 0 Å². The lowest BCUT2D eigenvalue weighted by Gasteiger charge is -2.16. The van der Waals surface area contributed by atoms with E-state index >= 15 is 0 Å². The van der Waals surface area contributed by atoms with Crippen LogP contribution in [0.1, 0.15) is 12.5 Å². The zero-order valence-corrected chi connectivity index (χ0v) is 11.7. The highest BCUT2D eigenvalue weighted by atomic mass is 16.5. The molecule has 1 aliphatic rings. The molecule has 1 fully saturated rings. The number of carboxylic acids is 1. The van der Waals surface area contributed by atoms with Crippen molar-refractivity contribution in [2.45, 2.75) is 13.8 Å². The topological polar surface area (TPSA) is 66.8 Å². The maximum atomic E-state index is 12.0. The Kier molecular flexibility index (Phi) is 4.27. The summed E-state index contributed by atoms with van der Waals surface area (Å²) in [5, 5.41) is 9.05. The normalized spacial score (nSPS) is 21.8. The van der Waals surface area contributed by atoms with Crippen LogP contribution in [0.15, 0.2) is 24.3 Å². The molecule has 108 valence electrons. The van der Waals surface area contributed by atoms with Gasteiger partial charge in [0.25, 0.3) is 5.91 Å². The number of nitrogens with zero attached hydrogens (tertiary/aromatic N) is 1. The third-order valence-corrected chi connectivity index (χ3v) is 3.67. The molecule has 5 nitrogen and oxygen atoms in total. The fourth-order valence-corrected chi connectivity index (χ4v) is 2.36. The van der Waals surface area contributed by atoms with E-state index in [1.54, 1.807) is 4.90 Å². The van der Waals surface area contributed by atoms with Gasteiger partial charge in [-0.2, -0.15) is 0 Å². The van der Waals surface area contributed by atoms with Gasteiger partial charge in [-0.3, -0.25) is 9.59 Å². The maximum absolute atomic E-state index is 12.0. The molecule has 1 aromatic rings. The van der Waals surface area contributed by atoms with Gasteiger partial charge in [0.2, 0.25) is 0 Å². The predicted molar refractivity (Wildman–Crippen MR) is 73.5 cm³/mol. The molecule has 1 amide bonds. The molecule has 1 saturated heterocycles. The van der Waals surface area contributed by atoms with Crippen molar-refractivity contribution < 1.29 is 19.4 Å². The van der Waals surface area contributed by atoms with Crippen LogP contribution in [-0.2, 0) is 9.59 Å². The van der Waals surface area contributed by atoms with Crippen LogP contribution >= 0.6 is 0 Å². The lowest BCUT2D eigenvalue weighted by molar-refractivity contribution is -0.142. The summed E-state index contributed by atoms with van der Waals surface area (Å²) >= 11 is 0. The van der Waals surface area contributed by atoms with Gasteiger partial charge in [-0.05, 0) is 25.0 Å². The number of carbonyl (C=O) groups excluding carboxylic acids is 1. The minimum absolute atomic E-state index is 0.0178. The first-order valence-corrected chi connectivity index (χ1v) is 6.67. The number of hydrogen-bond acceptors (Lipinski definition) is 3. The van der Waals surface area contributed by atoms with Crippen molar-refractivity contribution in [2.75, 3.05) is 19.7 Å². The first-order valence-electron chi connectivity index (χ1n) is 6.67. The number of hydrogen-bond donors (Lipinski definition) is 1. The summed E-state index contributed by atoms with van der Waals surface area (Å²) in [5.41, 5.74) is 1.13. The molecule has 1 N–H and O–H groups in total. The highest BCUT2D eigenvalue weighted by Gasteiger charge is 2.36. The van der Waals surface area contributed by atoms with E-state index in [1.165, 1.54) is 0 Å². The van der Waals surface area contributed by atoms with E-state index in [1.807, 2.05) is 38.1 Å². The van der Waals surface area contributed by atoms with E-state index in [-0.39, 0.29) is 25.0 Å². The Labute approximate surface area is 118 Å². The van der Waals surface area contributed by atoms with Gasteiger partial charge >= 0.3 is 5.97 Å². The Hall–Kier alpha value is -2.04. The molecule has 5 heteroatoms. The Bertz CT molecular complexity index is 497. The SMILES string of the molecule is Cc1ccc(OCC(=O)N2CC(C)C(C(=O)O)C2)cc1. The first-order chi connectivity index (χ1) is 9.47. The zero-order chi connectivity index (χ0) is 14.7. The van der Waals surface area contributed by atoms with Gasteiger partial charge in [0.05, 0.1) is 5.92 Å². The zero-order valence-electron chi connectivity index (χ0n) is 11.7. The predicted octanol–water partition coefficient (Wildman–Crippen LogP) is 1.55. The van der Waals surface area contributed by atoms with Gasteiger partial charge in [0, 0.05) is 13.1 Å². The van der Waals surface area contributed by atoms with Crippen molar-refractivity contribution in [2.24, 2.45) is 11.8 Å². The molecular formula is C15H19NO4. The van der Waals surface area contributed by atoms with E-state index in [0.717, 1.165) is 5.56 Å². The third-order valence-electron chi connectivity index (χ3n) is 3.67. The number of aliphatic carboxylic acids is 1. The minimum atomic E-state index is -0.841. The lowest BCUT2D eigenvalue weighted by Crippen LogP contribution is -2.33. The highest BCUT2D eigenvalue weighted by Crippen LogP contribution is 2.23. The molecule has 2 rings (SSSR count). The Morgan fingerprint density at radius 3 is 2.50 bits per heavy atom. The number of likely N-dealkylation sites (tertiary alicyclic amines) is 1. The summed E-state index contributed by atoms with van der Waals surface area (Å²) in [4.78, 5) is 24.6. The van der Waals surface area contributed by atoms with E-state index in [4.69, 9.17) is 9.84 Å². The van der Waals surface area contributed by atoms with Crippen molar-refractivity contribution in [1.29, 1.82) is 0 Å².